The summed E-state index contributed by atoms with van der Waals surface area (Å²) >= 11 is 0. The number of hydrogen-bond donors (Lipinski definition) is 2. The molecule has 6 heteroatoms. The molecule has 1 aromatic heterocycles. The van der Waals surface area contributed by atoms with E-state index in [4.69, 9.17) is 4.42 Å². The van der Waals surface area contributed by atoms with Crippen molar-refractivity contribution in [2.75, 3.05) is 13.6 Å². The van der Waals surface area contributed by atoms with Gasteiger partial charge in [-0.1, -0.05) is 34.6 Å². The highest BCUT2D eigenvalue weighted by Crippen LogP contribution is 2.22. The number of aliphatic imine (C=N–C) groups is 1. The molecule has 2 N–H and O–H groups in total. The van der Waals surface area contributed by atoms with Crippen molar-refractivity contribution >= 4 is 29.9 Å². The SMILES string of the molecule is CN=C(NCc1ncc(C(C)(C)C)o1)NCC(C)C.I. The Morgan fingerprint density at radius 1 is 1.35 bits per heavy atom. The summed E-state index contributed by atoms with van der Waals surface area (Å²) in [5, 5.41) is 6.43. The zero-order valence-electron chi connectivity index (χ0n) is 13.3. The van der Waals surface area contributed by atoms with Gasteiger partial charge in [0.05, 0.1) is 12.7 Å². The fraction of sp³-hybridized carbons (Fsp3) is 0.714. The summed E-state index contributed by atoms with van der Waals surface area (Å²) in [6.07, 6.45) is 1.79. The molecule has 0 atom stereocenters. The smallest absolute Gasteiger partial charge is 0.213 e. The number of aromatic nitrogens is 1. The summed E-state index contributed by atoms with van der Waals surface area (Å²) in [4.78, 5) is 8.43. The third kappa shape index (κ3) is 6.58. The molecule has 1 rings (SSSR count). The molecule has 0 bridgehead atoms. The van der Waals surface area contributed by atoms with Crippen LogP contribution in [0, 0.1) is 5.92 Å². The zero-order valence-corrected chi connectivity index (χ0v) is 15.6. The molecular weight excluding hydrogens is 367 g/mol. The molecule has 0 aliphatic rings. The van der Waals surface area contributed by atoms with Crippen LogP contribution in [-0.4, -0.2) is 24.5 Å². The van der Waals surface area contributed by atoms with E-state index in [-0.39, 0.29) is 29.4 Å². The number of rotatable bonds is 4. The standard InChI is InChI=1S/C14H26N4O.HI/c1-10(2)7-17-13(15-6)18-9-12-16-8-11(19-12)14(3,4)5;/h8,10H,7,9H2,1-6H3,(H2,15,17,18);1H. The minimum absolute atomic E-state index is 0. The van der Waals surface area contributed by atoms with E-state index in [1.54, 1.807) is 13.2 Å². The number of nitrogens with one attached hydrogen (secondary N) is 2. The highest BCUT2D eigenvalue weighted by atomic mass is 127. The lowest BCUT2D eigenvalue weighted by Crippen LogP contribution is -2.38. The molecule has 1 heterocycles. The maximum Gasteiger partial charge on any atom is 0.213 e. The maximum absolute atomic E-state index is 5.71. The van der Waals surface area contributed by atoms with Crippen molar-refractivity contribution in [1.82, 2.24) is 15.6 Å². The van der Waals surface area contributed by atoms with Crippen LogP contribution in [0.25, 0.3) is 0 Å². The molecule has 5 nitrogen and oxygen atoms in total. The first-order valence-electron chi connectivity index (χ1n) is 6.72. The van der Waals surface area contributed by atoms with E-state index in [1.807, 2.05) is 0 Å². The lowest BCUT2D eigenvalue weighted by molar-refractivity contribution is 0.379. The molecule has 0 saturated carbocycles. The average Bonchev–Trinajstić information content (AvgIpc) is 2.77. The second-order valence-corrected chi connectivity index (χ2v) is 6.07. The predicted molar refractivity (Wildman–Crippen MR) is 93.7 cm³/mol. The van der Waals surface area contributed by atoms with E-state index >= 15 is 0 Å². The van der Waals surface area contributed by atoms with Crippen molar-refractivity contribution in [1.29, 1.82) is 0 Å². The van der Waals surface area contributed by atoms with Crippen molar-refractivity contribution in [2.24, 2.45) is 10.9 Å². The van der Waals surface area contributed by atoms with Crippen molar-refractivity contribution in [3.63, 3.8) is 0 Å². The van der Waals surface area contributed by atoms with Crippen LogP contribution >= 0.6 is 24.0 Å². The molecule has 0 amide bonds. The first kappa shape index (κ1) is 19.2. The molecule has 0 radical (unpaired) electrons. The van der Waals surface area contributed by atoms with Gasteiger partial charge in [0, 0.05) is 19.0 Å². The molecule has 0 fully saturated rings. The lowest BCUT2D eigenvalue weighted by atomic mass is 9.94. The fourth-order valence-corrected chi connectivity index (χ4v) is 1.42. The van der Waals surface area contributed by atoms with E-state index in [2.05, 4.69) is 55.2 Å². The van der Waals surface area contributed by atoms with Gasteiger partial charge in [0.15, 0.2) is 5.96 Å². The van der Waals surface area contributed by atoms with E-state index in [0.29, 0.717) is 18.4 Å². The molecule has 116 valence electrons. The number of oxazole rings is 1. The van der Waals surface area contributed by atoms with Gasteiger partial charge in [0.25, 0.3) is 0 Å². The Bertz CT molecular complexity index is 421. The van der Waals surface area contributed by atoms with Crippen LogP contribution in [0.3, 0.4) is 0 Å². The van der Waals surface area contributed by atoms with Crippen molar-refractivity contribution < 1.29 is 4.42 Å². The van der Waals surface area contributed by atoms with Crippen LogP contribution in [0.2, 0.25) is 0 Å². The first-order chi connectivity index (χ1) is 8.82. The topological polar surface area (TPSA) is 62.5 Å². The van der Waals surface area contributed by atoms with Gasteiger partial charge in [-0.3, -0.25) is 4.99 Å². The van der Waals surface area contributed by atoms with Crippen molar-refractivity contribution in [2.45, 2.75) is 46.6 Å². The Balaban J connectivity index is 0.00000361. The molecule has 0 aromatic carbocycles. The summed E-state index contributed by atoms with van der Waals surface area (Å²) in [5.74, 6) is 2.92. The number of guanidine groups is 1. The summed E-state index contributed by atoms with van der Waals surface area (Å²) in [7, 11) is 1.76. The monoisotopic (exact) mass is 394 g/mol. The third-order valence-corrected chi connectivity index (χ3v) is 2.60. The Labute approximate surface area is 139 Å². The molecule has 0 aliphatic heterocycles. The fourth-order valence-electron chi connectivity index (χ4n) is 1.42. The third-order valence-electron chi connectivity index (χ3n) is 2.60. The Kier molecular flexibility index (Phi) is 8.15. The van der Waals surface area contributed by atoms with Crippen LogP contribution in [0.1, 0.15) is 46.3 Å². The van der Waals surface area contributed by atoms with Crippen molar-refractivity contribution in [3.05, 3.63) is 17.8 Å². The van der Waals surface area contributed by atoms with Crippen LogP contribution in [0.5, 0.6) is 0 Å². The minimum Gasteiger partial charge on any atom is -0.443 e. The number of hydrogen-bond acceptors (Lipinski definition) is 3. The quantitative estimate of drug-likeness (QED) is 0.468. The summed E-state index contributed by atoms with van der Waals surface area (Å²) < 4.78 is 5.71. The molecule has 0 unspecified atom stereocenters. The van der Waals surface area contributed by atoms with Gasteiger partial charge >= 0.3 is 0 Å². The lowest BCUT2D eigenvalue weighted by Gasteiger charge is -2.14. The van der Waals surface area contributed by atoms with E-state index in [9.17, 15) is 0 Å². The van der Waals surface area contributed by atoms with Crippen molar-refractivity contribution in [3.8, 4) is 0 Å². The normalized spacial score (nSPS) is 12.2. The Morgan fingerprint density at radius 3 is 2.45 bits per heavy atom. The van der Waals surface area contributed by atoms with Crippen LogP contribution < -0.4 is 10.6 Å². The van der Waals surface area contributed by atoms with Gasteiger partial charge in [-0.15, -0.1) is 24.0 Å². The van der Waals surface area contributed by atoms with Gasteiger partial charge < -0.3 is 15.1 Å². The van der Waals surface area contributed by atoms with E-state index in [1.165, 1.54) is 0 Å². The Morgan fingerprint density at radius 2 is 2.00 bits per heavy atom. The van der Waals surface area contributed by atoms with Gasteiger partial charge in [-0.25, -0.2) is 4.98 Å². The molecule has 0 saturated heterocycles. The summed E-state index contributed by atoms with van der Waals surface area (Å²) in [6, 6.07) is 0. The minimum atomic E-state index is -0.0111. The first-order valence-corrected chi connectivity index (χ1v) is 6.72. The summed E-state index contributed by atoms with van der Waals surface area (Å²) in [6.45, 7) is 12.1. The second-order valence-electron chi connectivity index (χ2n) is 6.07. The van der Waals surface area contributed by atoms with Gasteiger partial charge in [-0.05, 0) is 5.92 Å². The van der Waals surface area contributed by atoms with Crippen LogP contribution in [0.15, 0.2) is 15.6 Å². The molecule has 0 spiro atoms. The van der Waals surface area contributed by atoms with Gasteiger partial charge in [-0.2, -0.15) is 0 Å². The van der Waals surface area contributed by atoms with Crippen LogP contribution in [-0.2, 0) is 12.0 Å². The Hall–Kier alpha value is -0.790. The van der Waals surface area contributed by atoms with E-state index in [0.717, 1.165) is 18.3 Å². The largest absolute Gasteiger partial charge is 0.443 e. The summed E-state index contributed by atoms with van der Waals surface area (Å²) in [5.41, 5.74) is -0.0111. The molecule has 20 heavy (non-hydrogen) atoms. The molecule has 0 aliphatic carbocycles. The molecule has 1 aromatic rings. The average molecular weight is 394 g/mol. The molecular formula is C14H27IN4O. The van der Waals surface area contributed by atoms with Gasteiger partial charge in [0.1, 0.15) is 5.76 Å². The highest BCUT2D eigenvalue weighted by Gasteiger charge is 2.19. The zero-order chi connectivity index (χ0) is 14.5. The van der Waals surface area contributed by atoms with Gasteiger partial charge in [0.2, 0.25) is 5.89 Å². The maximum atomic E-state index is 5.71. The second kappa shape index (κ2) is 8.49. The van der Waals surface area contributed by atoms with Crippen LogP contribution in [0.4, 0.5) is 0 Å². The highest BCUT2D eigenvalue weighted by molar-refractivity contribution is 14.0. The predicted octanol–water partition coefficient (Wildman–Crippen LogP) is 2.91. The van der Waals surface area contributed by atoms with E-state index < -0.39 is 0 Å². The number of nitrogens with zero attached hydrogens (tertiary/aromatic N) is 2. The number of halogens is 1.